The Morgan fingerprint density at radius 1 is 1.31 bits per heavy atom. The molecular formula is C22H32N2O2. The number of benzene rings is 1. The van der Waals surface area contributed by atoms with Gasteiger partial charge in [0.1, 0.15) is 0 Å². The summed E-state index contributed by atoms with van der Waals surface area (Å²) in [7, 11) is 2.18. The van der Waals surface area contributed by atoms with E-state index in [4.69, 9.17) is 0 Å². The molecule has 0 unspecified atom stereocenters. The number of para-hydroxylation sites is 1. The highest BCUT2D eigenvalue weighted by Gasteiger charge is 2.61. The van der Waals surface area contributed by atoms with Crippen LogP contribution in [0.3, 0.4) is 0 Å². The predicted molar refractivity (Wildman–Crippen MR) is 105 cm³/mol. The number of rotatable bonds is 2. The molecule has 5 rings (SSSR count). The Balaban J connectivity index is 1.95. The number of anilines is 1. The largest absolute Gasteiger partial charge is 0.396 e. The molecule has 1 spiro atoms. The van der Waals surface area contributed by atoms with Gasteiger partial charge in [0.2, 0.25) is 0 Å². The quantitative estimate of drug-likeness (QED) is 0.799. The summed E-state index contributed by atoms with van der Waals surface area (Å²) in [6, 6.07) is 8.76. The van der Waals surface area contributed by atoms with Crippen molar-refractivity contribution in [2.24, 2.45) is 11.8 Å². The summed E-state index contributed by atoms with van der Waals surface area (Å²) < 4.78 is 0. The molecule has 2 N–H and O–H groups in total. The Morgan fingerprint density at radius 3 is 2.77 bits per heavy atom. The van der Waals surface area contributed by atoms with E-state index in [1.807, 2.05) is 0 Å². The van der Waals surface area contributed by atoms with Gasteiger partial charge in [-0.25, -0.2) is 0 Å². The second-order valence-electron chi connectivity index (χ2n) is 8.34. The predicted octanol–water partition coefficient (Wildman–Crippen LogP) is 2.40. The van der Waals surface area contributed by atoms with Gasteiger partial charge in [0.25, 0.3) is 0 Å². The molecule has 2 bridgehead atoms. The third kappa shape index (κ3) is 2.32. The van der Waals surface area contributed by atoms with Crippen molar-refractivity contribution in [1.82, 2.24) is 4.90 Å². The van der Waals surface area contributed by atoms with Crippen LogP contribution in [0.1, 0.15) is 32.3 Å². The zero-order valence-corrected chi connectivity index (χ0v) is 16.2. The van der Waals surface area contributed by atoms with Crippen molar-refractivity contribution in [2.75, 3.05) is 38.2 Å². The summed E-state index contributed by atoms with van der Waals surface area (Å²) in [6.07, 6.45) is 3.52. The van der Waals surface area contributed by atoms with Gasteiger partial charge in [0, 0.05) is 42.8 Å². The van der Waals surface area contributed by atoms with Gasteiger partial charge < -0.3 is 20.0 Å². The standard InChI is InChI=1S/C22H32N2O2/c1-4-15-13-23(3)11-10-22-18-8-6-7-9-19(18)24(5-2)21(22)17(14-25)16(15)12-20(22)26/h4,6-9,16-17,20-21,25-26H,5,10-14H2,1-3H3/b15-4+/t16-,17+,20-,21-,22+/m0/s1. The lowest BCUT2D eigenvalue weighted by atomic mass is 9.56. The van der Waals surface area contributed by atoms with Crippen LogP contribution in [0.15, 0.2) is 35.9 Å². The minimum atomic E-state index is -0.376. The van der Waals surface area contributed by atoms with Crippen LogP contribution < -0.4 is 4.90 Å². The number of hydrogen-bond donors (Lipinski definition) is 2. The molecule has 4 heteroatoms. The first-order chi connectivity index (χ1) is 12.6. The highest BCUT2D eigenvalue weighted by Crippen LogP contribution is 2.58. The van der Waals surface area contributed by atoms with Gasteiger partial charge in [-0.2, -0.15) is 0 Å². The van der Waals surface area contributed by atoms with Crippen LogP contribution in [0.5, 0.6) is 0 Å². The smallest absolute Gasteiger partial charge is 0.0663 e. The molecule has 4 aliphatic rings. The summed E-state index contributed by atoms with van der Waals surface area (Å²) >= 11 is 0. The lowest BCUT2D eigenvalue weighted by molar-refractivity contribution is -0.0283. The molecule has 3 fully saturated rings. The van der Waals surface area contributed by atoms with E-state index in [-0.39, 0.29) is 36.0 Å². The maximum Gasteiger partial charge on any atom is 0.0663 e. The first-order valence-corrected chi connectivity index (χ1v) is 10.1. The van der Waals surface area contributed by atoms with Gasteiger partial charge in [-0.15, -0.1) is 0 Å². The zero-order chi connectivity index (χ0) is 18.5. The van der Waals surface area contributed by atoms with Crippen LogP contribution in [-0.4, -0.2) is 60.5 Å². The molecule has 26 heavy (non-hydrogen) atoms. The van der Waals surface area contributed by atoms with E-state index in [1.165, 1.54) is 16.8 Å². The van der Waals surface area contributed by atoms with E-state index < -0.39 is 0 Å². The fraction of sp³-hybridized carbons (Fsp3) is 0.636. The third-order valence-corrected chi connectivity index (χ3v) is 7.33. The van der Waals surface area contributed by atoms with Crippen molar-refractivity contribution >= 4 is 5.69 Å². The molecule has 1 aromatic carbocycles. The van der Waals surface area contributed by atoms with Crippen LogP contribution in [-0.2, 0) is 5.41 Å². The van der Waals surface area contributed by atoms with Gasteiger partial charge in [0.05, 0.1) is 6.10 Å². The van der Waals surface area contributed by atoms with E-state index in [2.05, 4.69) is 61.0 Å². The summed E-state index contributed by atoms with van der Waals surface area (Å²) in [5, 5.41) is 22.0. The van der Waals surface area contributed by atoms with Crippen LogP contribution in [0.2, 0.25) is 0 Å². The van der Waals surface area contributed by atoms with E-state index >= 15 is 0 Å². The number of aliphatic hydroxyl groups is 2. The van der Waals surface area contributed by atoms with E-state index in [0.717, 1.165) is 32.5 Å². The summed E-state index contributed by atoms with van der Waals surface area (Å²) in [5.74, 6) is 0.394. The minimum Gasteiger partial charge on any atom is -0.396 e. The van der Waals surface area contributed by atoms with E-state index in [1.54, 1.807) is 0 Å². The van der Waals surface area contributed by atoms with Crippen LogP contribution in [0, 0.1) is 11.8 Å². The molecule has 0 amide bonds. The normalized spacial score (nSPS) is 38.7. The number of hydrogen-bond acceptors (Lipinski definition) is 4. The molecule has 2 saturated heterocycles. The second-order valence-corrected chi connectivity index (χ2v) is 8.34. The molecule has 3 aliphatic heterocycles. The highest BCUT2D eigenvalue weighted by atomic mass is 16.3. The second kappa shape index (κ2) is 6.66. The van der Waals surface area contributed by atoms with Gasteiger partial charge in [-0.05, 0) is 57.8 Å². The number of likely N-dealkylation sites (N-methyl/N-ethyl adjacent to an activating group) is 2. The van der Waals surface area contributed by atoms with Gasteiger partial charge in [0.15, 0.2) is 0 Å². The average Bonchev–Trinajstić information content (AvgIpc) is 2.98. The third-order valence-electron chi connectivity index (χ3n) is 7.33. The van der Waals surface area contributed by atoms with Crippen molar-refractivity contribution in [3.63, 3.8) is 0 Å². The number of allylic oxidation sites excluding steroid dienone is 1. The molecule has 0 aromatic heterocycles. The van der Waals surface area contributed by atoms with Crippen molar-refractivity contribution in [3.05, 3.63) is 41.5 Å². The SMILES string of the molecule is C/C=C1\CN(C)CC[C@]23c4ccccc4N(CC)[C@H]2[C@H](CO)[C@H]1C[C@@H]3O. The molecule has 0 radical (unpaired) electrons. The lowest BCUT2D eigenvalue weighted by Gasteiger charge is -2.52. The number of nitrogens with zero attached hydrogens (tertiary/aromatic N) is 2. The maximum atomic E-state index is 11.5. The summed E-state index contributed by atoms with van der Waals surface area (Å²) in [4.78, 5) is 4.85. The molecule has 1 saturated carbocycles. The maximum absolute atomic E-state index is 11.5. The number of fused-ring (bicyclic) bond motifs is 6. The molecule has 1 aliphatic carbocycles. The van der Waals surface area contributed by atoms with Crippen molar-refractivity contribution in [3.8, 4) is 0 Å². The van der Waals surface area contributed by atoms with Crippen molar-refractivity contribution < 1.29 is 10.2 Å². The van der Waals surface area contributed by atoms with Crippen LogP contribution in [0.4, 0.5) is 5.69 Å². The number of aliphatic hydroxyl groups excluding tert-OH is 2. The Kier molecular flexibility index (Phi) is 4.62. The lowest BCUT2D eigenvalue weighted by Crippen LogP contribution is -2.62. The Hall–Kier alpha value is -1.36. The Morgan fingerprint density at radius 2 is 2.08 bits per heavy atom. The average molecular weight is 357 g/mol. The summed E-state index contributed by atoms with van der Waals surface area (Å²) in [5.41, 5.74) is 3.62. The van der Waals surface area contributed by atoms with Crippen LogP contribution >= 0.6 is 0 Å². The topological polar surface area (TPSA) is 46.9 Å². The van der Waals surface area contributed by atoms with Crippen LogP contribution in [0.25, 0.3) is 0 Å². The minimum absolute atomic E-state index is 0.156. The fourth-order valence-electron chi connectivity index (χ4n) is 6.20. The molecule has 1 aromatic rings. The first-order valence-electron chi connectivity index (χ1n) is 10.1. The van der Waals surface area contributed by atoms with Gasteiger partial charge in [-0.1, -0.05) is 29.8 Å². The highest BCUT2D eigenvalue weighted by molar-refractivity contribution is 5.66. The Labute approximate surface area is 157 Å². The van der Waals surface area contributed by atoms with Gasteiger partial charge >= 0.3 is 0 Å². The molecule has 3 heterocycles. The van der Waals surface area contributed by atoms with Crippen molar-refractivity contribution in [2.45, 2.75) is 44.2 Å². The van der Waals surface area contributed by atoms with E-state index in [0.29, 0.717) is 0 Å². The first kappa shape index (κ1) is 18.0. The fourth-order valence-corrected chi connectivity index (χ4v) is 6.20. The van der Waals surface area contributed by atoms with Crippen molar-refractivity contribution in [1.29, 1.82) is 0 Å². The Bertz CT molecular complexity index is 703. The van der Waals surface area contributed by atoms with Gasteiger partial charge in [-0.3, -0.25) is 0 Å². The molecule has 5 atom stereocenters. The monoisotopic (exact) mass is 356 g/mol. The molecule has 142 valence electrons. The zero-order valence-electron chi connectivity index (χ0n) is 16.2. The molecular weight excluding hydrogens is 324 g/mol. The molecule has 4 nitrogen and oxygen atoms in total. The van der Waals surface area contributed by atoms with E-state index in [9.17, 15) is 10.2 Å². The summed E-state index contributed by atoms with van der Waals surface area (Å²) in [6.45, 7) is 7.27.